The zero-order valence-electron chi connectivity index (χ0n) is 11.0. The number of likely N-dealkylation sites (tertiary alicyclic amines) is 1. The van der Waals surface area contributed by atoms with Crippen molar-refractivity contribution in [3.8, 4) is 0 Å². The average Bonchev–Trinajstić information content (AvgIpc) is 2.81. The summed E-state index contributed by atoms with van der Waals surface area (Å²) in [6.07, 6.45) is 3.82. The van der Waals surface area contributed by atoms with Crippen LogP contribution in [0.1, 0.15) is 38.5 Å². The van der Waals surface area contributed by atoms with Gasteiger partial charge in [-0.2, -0.15) is 0 Å². The molecule has 19 heavy (non-hydrogen) atoms. The average molecular weight is 270 g/mol. The number of aliphatic hydroxyl groups is 1. The highest BCUT2D eigenvalue weighted by Gasteiger charge is 2.47. The molecule has 1 amide bonds. The zero-order valence-corrected chi connectivity index (χ0v) is 11.0. The molecule has 108 valence electrons. The number of carbonyl (C=O) groups is 2. The molecule has 0 aromatic heterocycles. The largest absolute Gasteiger partial charge is 0.480 e. The number of nitrogens with zero attached hydrogens (tertiary/aromatic N) is 1. The van der Waals surface area contributed by atoms with Crippen LogP contribution in [0.15, 0.2) is 0 Å². The van der Waals surface area contributed by atoms with Gasteiger partial charge in [-0.25, -0.2) is 4.79 Å². The van der Waals surface area contributed by atoms with Crippen molar-refractivity contribution < 1.29 is 19.8 Å². The lowest BCUT2D eigenvalue weighted by molar-refractivity contribution is -0.154. The number of nitrogens with two attached hydrogens (primary N) is 1. The molecule has 2 fully saturated rings. The van der Waals surface area contributed by atoms with E-state index in [0.29, 0.717) is 0 Å². The third kappa shape index (κ3) is 2.60. The molecule has 2 rings (SSSR count). The molecule has 1 aliphatic heterocycles. The summed E-state index contributed by atoms with van der Waals surface area (Å²) in [5, 5.41) is 18.8. The van der Waals surface area contributed by atoms with Gasteiger partial charge in [-0.1, -0.05) is 19.3 Å². The van der Waals surface area contributed by atoms with Crippen LogP contribution in [0.25, 0.3) is 0 Å². The first-order valence-electron chi connectivity index (χ1n) is 6.92. The van der Waals surface area contributed by atoms with Gasteiger partial charge in [0.1, 0.15) is 6.04 Å². The van der Waals surface area contributed by atoms with Crippen molar-refractivity contribution in [2.45, 2.75) is 50.7 Å². The molecule has 0 aromatic carbocycles. The van der Waals surface area contributed by atoms with Gasteiger partial charge in [0.15, 0.2) is 0 Å². The van der Waals surface area contributed by atoms with E-state index in [9.17, 15) is 14.7 Å². The Morgan fingerprint density at radius 1 is 1.26 bits per heavy atom. The summed E-state index contributed by atoms with van der Waals surface area (Å²) in [5.74, 6) is -1.23. The number of carboxylic acid groups (broad SMARTS) is 1. The van der Waals surface area contributed by atoms with Gasteiger partial charge >= 0.3 is 5.97 Å². The number of hydrogen-bond donors (Lipinski definition) is 3. The van der Waals surface area contributed by atoms with E-state index in [1.165, 1.54) is 4.90 Å². The first-order chi connectivity index (χ1) is 9.00. The van der Waals surface area contributed by atoms with Gasteiger partial charge in [0.05, 0.1) is 11.5 Å². The monoisotopic (exact) mass is 270 g/mol. The van der Waals surface area contributed by atoms with Crippen LogP contribution >= 0.6 is 0 Å². The molecule has 6 heteroatoms. The molecule has 2 unspecified atom stereocenters. The Kier molecular flexibility index (Phi) is 4.10. The van der Waals surface area contributed by atoms with Crippen molar-refractivity contribution in [1.29, 1.82) is 0 Å². The minimum Gasteiger partial charge on any atom is -0.480 e. The van der Waals surface area contributed by atoms with Crippen molar-refractivity contribution in [3.63, 3.8) is 0 Å². The number of hydrogen-bond acceptors (Lipinski definition) is 4. The van der Waals surface area contributed by atoms with E-state index in [2.05, 4.69) is 0 Å². The van der Waals surface area contributed by atoms with Gasteiger partial charge in [0.25, 0.3) is 0 Å². The number of carbonyl (C=O) groups excluding carboxylic acids is 1. The summed E-state index contributed by atoms with van der Waals surface area (Å²) in [6, 6.07) is -0.909. The van der Waals surface area contributed by atoms with Crippen LogP contribution in [0.2, 0.25) is 0 Å². The lowest BCUT2D eigenvalue weighted by Gasteiger charge is -2.38. The summed E-state index contributed by atoms with van der Waals surface area (Å²) in [5.41, 5.74) is 5.19. The maximum Gasteiger partial charge on any atom is 0.326 e. The number of aliphatic carboxylic acids is 1. The van der Waals surface area contributed by atoms with E-state index in [1.807, 2.05) is 0 Å². The van der Waals surface area contributed by atoms with E-state index in [0.717, 1.165) is 32.1 Å². The van der Waals surface area contributed by atoms with E-state index in [-0.39, 0.29) is 25.4 Å². The lowest BCUT2D eigenvalue weighted by atomic mass is 9.73. The fourth-order valence-corrected chi connectivity index (χ4v) is 3.31. The molecule has 1 heterocycles. The quantitative estimate of drug-likeness (QED) is 0.666. The number of rotatable bonds is 3. The summed E-state index contributed by atoms with van der Waals surface area (Å²) >= 11 is 0. The molecular formula is C13H22N2O4. The second-order valence-electron chi connectivity index (χ2n) is 5.75. The normalized spacial score (nSPS) is 30.3. The highest BCUT2D eigenvalue weighted by molar-refractivity contribution is 5.88. The Hall–Kier alpha value is -1.14. The molecule has 0 aromatic rings. The lowest BCUT2D eigenvalue weighted by Crippen LogP contribution is -2.52. The van der Waals surface area contributed by atoms with Crippen LogP contribution in [0.5, 0.6) is 0 Å². The van der Waals surface area contributed by atoms with Crippen LogP contribution in [0.4, 0.5) is 0 Å². The minimum atomic E-state index is -1.05. The van der Waals surface area contributed by atoms with Crippen LogP contribution in [-0.4, -0.2) is 52.2 Å². The van der Waals surface area contributed by atoms with Crippen molar-refractivity contribution >= 4 is 11.9 Å². The zero-order chi connectivity index (χ0) is 14.0. The summed E-state index contributed by atoms with van der Waals surface area (Å²) in [6.45, 7) is 0.363. The van der Waals surface area contributed by atoms with Crippen molar-refractivity contribution in [3.05, 3.63) is 0 Å². The van der Waals surface area contributed by atoms with Gasteiger partial charge < -0.3 is 20.8 Å². The molecular weight excluding hydrogens is 248 g/mol. The third-order valence-corrected chi connectivity index (χ3v) is 4.48. The molecule has 4 N–H and O–H groups in total. The summed E-state index contributed by atoms with van der Waals surface area (Å²) in [4.78, 5) is 25.2. The fraction of sp³-hybridized carbons (Fsp3) is 0.846. The van der Waals surface area contributed by atoms with E-state index in [4.69, 9.17) is 10.8 Å². The van der Waals surface area contributed by atoms with Gasteiger partial charge in [0, 0.05) is 19.5 Å². The summed E-state index contributed by atoms with van der Waals surface area (Å²) in [7, 11) is 0. The highest BCUT2D eigenvalue weighted by Crippen LogP contribution is 2.38. The van der Waals surface area contributed by atoms with Crippen LogP contribution in [0.3, 0.4) is 0 Å². The van der Waals surface area contributed by atoms with E-state index >= 15 is 0 Å². The number of carboxylic acids is 1. The molecule has 1 saturated carbocycles. The molecule has 1 saturated heterocycles. The number of aliphatic hydroxyl groups excluding tert-OH is 1. The first-order valence-corrected chi connectivity index (χ1v) is 6.92. The number of amides is 1. The Labute approximate surface area is 112 Å². The predicted molar refractivity (Wildman–Crippen MR) is 68.3 cm³/mol. The Morgan fingerprint density at radius 2 is 1.89 bits per heavy atom. The van der Waals surface area contributed by atoms with Gasteiger partial charge in [-0.3, -0.25) is 4.79 Å². The third-order valence-electron chi connectivity index (χ3n) is 4.48. The molecule has 0 spiro atoms. The van der Waals surface area contributed by atoms with Gasteiger partial charge in [0.2, 0.25) is 5.91 Å². The second kappa shape index (κ2) is 5.46. The SMILES string of the molecule is NCC1(C(=O)N2CC(O)CC2C(=O)O)CCCCC1. The van der Waals surface area contributed by atoms with Crippen molar-refractivity contribution in [2.75, 3.05) is 13.1 Å². The van der Waals surface area contributed by atoms with Gasteiger partial charge in [-0.15, -0.1) is 0 Å². The minimum absolute atomic E-state index is 0.109. The van der Waals surface area contributed by atoms with Crippen molar-refractivity contribution in [1.82, 2.24) is 4.90 Å². The Morgan fingerprint density at radius 3 is 2.42 bits per heavy atom. The van der Waals surface area contributed by atoms with Gasteiger partial charge in [-0.05, 0) is 12.8 Å². The summed E-state index contributed by atoms with van der Waals surface area (Å²) < 4.78 is 0. The first kappa shape index (κ1) is 14.3. The van der Waals surface area contributed by atoms with Crippen molar-refractivity contribution in [2.24, 2.45) is 11.1 Å². The van der Waals surface area contributed by atoms with Crippen LogP contribution < -0.4 is 5.73 Å². The van der Waals surface area contributed by atoms with Crippen LogP contribution in [-0.2, 0) is 9.59 Å². The topological polar surface area (TPSA) is 104 Å². The molecule has 2 atom stereocenters. The second-order valence-corrected chi connectivity index (χ2v) is 5.75. The van der Waals surface area contributed by atoms with E-state index < -0.39 is 23.5 Å². The Balaban J connectivity index is 2.19. The predicted octanol–water partition coefficient (Wildman–Crippen LogP) is -0.0580. The number of β-amino-alcohol motifs (C(OH)–C–C–N with tert-alkyl or cyclic N) is 1. The van der Waals surface area contributed by atoms with E-state index in [1.54, 1.807) is 0 Å². The standard InChI is InChI=1S/C13H22N2O4/c14-8-13(4-2-1-3-5-13)12(19)15-7-9(16)6-10(15)11(17)18/h9-10,16H,1-8,14H2,(H,17,18). The van der Waals surface area contributed by atoms with Crippen LogP contribution in [0, 0.1) is 5.41 Å². The molecule has 0 bridgehead atoms. The highest BCUT2D eigenvalue weighted by atomic mass is 16.4. The maximum absolute atomic E-state index is 12.7. The smallest absolute Gasteiger partial charge is 0.326 e. The molecule has 2 aliphatic rings. The molecule has 0 radical (unpaired) electrons. The molecule has 6 nitrogen and oxygen atoms in total. The molecule has 1 aliphatic carbocycles. The Bertz CT molecular complexity index is 366. The fourth-order valence-electron chi connectivity index (χ4n) is 3.31. The maximum atomic E-state index is 12.7.